The predicted molar refractivity (Wildman–Crippen MR) is 76.2 cm³/mol. The lowest BCUT2D eigenvalue weighted by Gasteiger charge is -2.38. The summed E-state index contributed by atoms with van der Waals surface area (Å²) in [5.41, 5.74) is 5.95. The van der Waals surface area contributed by atoms with E-state index in [2.05, 4.69) is 45.3 Å². The zero-order valence-electron chi connectivity index (χ0n) is 12.1. The molecule has 0 bridgehead atoms. The van der Waals surface area contributed by atoms with Crippen molar-refractivity contribution in [2.45, 2.75) is 45.6 Å². The Morgan fingerprint density at radius 3 is 2.17 bits per heavy atom. The molecule has 0 saturated carbocycles. The Balaban J connectivity index is 2.27. The van der Waals surface area contributed by atoms with Crippen LogP contribution in [0.2, 0.25) is 0 Å². The zero-order chi connectivity index (χ0) is 13.2. The molecular weight excluding hydrogens is 222 g/mol. The molecule has 0 aliphatic carbocycles. The Morgan fingerprint density at radius 2 is 1.67 bits per heavy atom. The first-order valence-corrected chi connectivity index (χ1v) is 6.90. The van der Waals surface area contributed by atoms with Crippen LogP contribution in [0.25, 0.3) is 0 Å². The van der Waals surface area contributed by atoms with Gasteiger partial charge in [0.2, 0.25) is 0 Å². The first kappa shape index (κ1) is 13.6. The molecule has 1 aromatic carbocycles. The van der Waals surface area contributed by atoms with Crippen LogP contribution in [0.5, 0.6) is 0 Å². The maximum absolute atomic E-state index is 5.50. The minimum absolute atomic E-state index is 0.225. The Kier molecular flexibility index (Phi) is 4.08. The topological polar surface area (TPSA) is 21.3 Å². The highest BCUT2D eigenvalue weighted by Crippen LogP contribution is 2.28. The third-order valence-electron chi connectivity index (χ3n) is 4.34. The maximum Gasteiger partial charge on any atom is 0.0483 e. The average Bonchev–Trinajstić information content (AvgIpc) is 2.35. The fraction of sp³-hybridized carbons (Fsp3) is 0.625. The molecule has 18 heavy (non-hydrogen) atoms. The monoisotopic (exact) mass is 247 g/mol. The van der Waals surface area contributed by atoms with Gasteiger partial charge < -0.3 is 10.1 Å². The van der Waals surface area contributed by atoms with E-state index < -0.39 is 0 Å². The molecule has 0 radical (unpaired) electrons. The van der Waals surface area contributed by atoms with Gasteiger partial charge in [-0.15, -0.1) is 0 Å². The van der Waals surface area contributed by atoms with E-state index in [1.54, 1.807) is 0 Å². The SMILES string of the molecule is CNC1(Cc2c(C)cc(C)cc2C)CCOCC1. The van der Waals surface area contributed by atoms with Crippen LogP contribution in [-0.2, 0) is 11.2 Å². The van der Waals surface area contributed by atoms with E-state index in [0.717, 1.165) is 32.5 Å². The molecule has 2 heteroatoms. The summed E-state index contributed by atoms with van der Waals surface area (Å²) in [5, 5.41) is 3.55. The summed E-state index contributed by atoms with van der Waals surface area (Å²) in [6.07, 6.45) is 3.33. The summed E-state index contributed by atoms with van der Waals surface area (Å²) < 4.78 is 5.50. The van der Waals surface area contributed by atoms with Crippen LogP contribution in [0.3, 0.4) is 0 Å². The molecule has 1 aliphatic rings. The smallest absolute Gasteiger partial charge is 0.0483 e. The van der Waals surface area contributed by atoms with E-state index in [1.165, 1.54) is 22.3 Å². The summed E-state index contributed by atoms with van der Waals surface area (Å²) in [7, 11) is 2.09. The van der Waals surface area contributed by atoms with Gasteiger partial charge in [-0.1, -0.05) is 17.7 Å². The van der Waals surface area contributed by atoms with Crippen LogP contribution >= 0.6 is 0 Å². The van der Waals surface area contributed by atoms with E-state index in [9.17, 15) is 0 Å². The molecule has 0 unspecified atom stereocenters. The van der Waals surface area contributed by atoms with Crippen molar-refractivity contribution in [3.8, 4) is 0 Å². The molecule has 1 saturated heterocycles. The molecule has 0 atom stereocenters. The van der Waals surface area contributed by atoms with Gasteiger partial charge in [-0.25, -0.2) is 0 Å². The van der Waals surface area contributed by atoms with Crippen LogP contribution in [-0.4, -0.2) is 25.8 Å². The van der Waals surface area contributed by atoms with Crippen molar-refractivity contribution in [2.75, 3.05) is 20.3 Å². The number of rotatable bonds is 3. The summed E-state index contributed by atoms with van der Waals surface area (Å²) >= 11 is 0. The highest BCUT2D eigenvalue weighted by atomic mass is 16.5. The van der Waals surface area contributed by atoms with Crippen LogP contribution in [0.15, 0.2) is 12.1 Å². The number of hydrogen-bond donors (Lipinski definition) is 1. The first-order chi connectivity index (χ1) is 8.56. The maximum atomic E-state index is 5.50. The molecule has 1 aromatic rings. The lowest BCUT2D eigenvalue weighted by atomic mass is 9.81. The molecule has 0 aromatic heterocycles. The number of benzene rings is 1. The third-order valence-corrected chi connectivity index (χ3v) is 4.34. The summed E-state index contributed by atoms with van der Waals surface area (Å²) in [5.74, 6) is 0. The third kappa shape index (κ3) is 2.76. The van der Waals surface area contributed by atoms with E-state index >= 15 is 0 Å². The van der Waals surface area contributed by atoms with Gasteiger partial charge in [-0.3, -0.25) is 0 Å². The summed E-state index contributed by atoms with van der Waals surface area (Å²) in [4.78, 5) is 0. The second kappa shape index (κ2) is 5.41. The first-order valence-electron chi connectivity index (χ1n) is 6.90. The molecule has 1 aliphatic heterocycles. The van der Waals surface area contributed by atoms with E-state index in [0.29, 0.717) is 0 Å². The largest absolute Gasteiger partial charge is 0.381 e. The van der Waals surface area contributed by atoms with Gasteiger partial charge in [0.05, 0.1) is 0 Å². The minimum atomic E-state index is 0.225. The number of ether oxygens (including phenoxy) is 1. The van der Waals surface area contributed by atoms with Crippen molar-refractivity contribution in [3.05, 3.63) is 34.4 Å². The van der Waals surface area contributed by atoms with Gasteiger partial charge in [0.1, 0.15) is 0 Å². The standard InChI is InChI=1S/C16H25NO/c1-12-9-13(2)15(14(3)10-12)11-16(17-4)5-7-18-8-6-16/h9-10,17H,5-8,11H2,1-4H3. The number of likely N-dealkylation sites (N-methyl/N-ethyl adjacent to an activating group) is 1. The minimum Gasteiger partial charge on any atom is -0.381 e. The summed E-state index contributed by atoms with van der Waals surface area (Å²) in [6, 6.07) is 4.59. The van der Waals surface area contributed by atoms with Crippen LogP contribution in [0.4, 0.5) is 0 Å². The number of hydrogen-bond acceptors (Lipinski definition) is 2. The van der Waals surface area contributed by atoms with Crippen LogP contribution in [0.1, 0.15) is 35.1 Å². The lowest BCUT2D eigenvalue weighted by molar-refractivity contribution is 0.0412. The van der Waals surface area contributed by atoms with Gasteiger partial charge in [-0.2, -0.15) is 0 Å². The van der Waals surface area contributed by atoms with Crippen LogP contribution in [0, 0.1) is 20.8 Å². The van der Waals surface area contributed by atoms with Gasteiger partial charge in [-0.05, 0) is 63.8 Å². The summed E-state index contributed by atoms with van der Waals surface area (Å²) in [6.45, 7) is 8.40. The molecule has 1 N–H and O–H groups in total. The predicted octanol–water partition coefficient (Wildman–Crippen LogP) is 2.92. The Morgan fingerprint density at radius 1 is 1.11 bits per heavy atom. The Labute approximate surface area is 111 Å². The van der Waals surface area contributed by atoms with Crippen molar-refractivity contribution in [1.82, 2.24) is 5.32 Å². The molecule has 2 nitrogen and oxygen atoms in total. The number of aryl methyl sites for hydroxylation is 3. The van der Waals surface area contributed by atoms with E-state index in [4.69, 9.17) is 4.74 Å². The van der Waals surface area contributed by atoms with Gasteiger partial charge in [0.15, 0.2) is 0 Å². The van der Waals surface area contributed by atoms with Gasteiger partial charge in [0.25, 0.3) is 0 Å². The molecule has 2 rings (SSSR count). The van der Waals surface area contributed by atoms with Gasteiger partial charge in [0, 0.05) is 18.8 Å². The van der Waals surface area contributed by atoms with Gasteiger partial charge >= 0.3 is 0 Å². The highest BCUT2D eigenvalue weighted by Gasteiger charge is 2.31. The fourth-order valence-electron chi connectivity index (χ4n) is 3.10. The van der Waals surface area contributed by atoms with E-state index in [1.807, 2.05) is 0 Å². The van der Waals surface area contributed by atoms with Crippen molar-refractivity contribution in [3.63, 3.8) is 0 Å². The Bertz CT molecular complexity index is 396. The second-order valence-electron chi connectivity index (χ2n) is 5.70. The van der Waals surface area contributed by atoms with E-state index in [-0.39, 0.29) is 5.54 Å². The normalized spacial score (nSPS) is 18.9. The van der Waals surface area contributed by atoms with Crippen molar-refractivity contribution in [2.24, 2.45) is 0 Å². The molecular formula is C16H25NO. The molecule has 100 valence electrons. The highest BCUT2D eigenvalue weighted by molar-refractivity contribution is 5.38. The van der Waals surface area contributed by atoms with Crippen LogP contribution < -0.4 is 5.32 Å². The second-order valence-corrected chi connectivity index (χ2v) is 5.70. The lowest BCUT2D eigenvalue weighted by Crippen LogP contribution is -2.49. The van der Waals surface area contributed by atoms with Crippen molar-refractivity contribution < 1.29 is 4.74 Å². The Hall–Kier alpha value is -0.860. The fourth-order valence-corrected chi connectivity index (χ4v) is 3.10. The molecule has 0 amide bonds. The molecule has 1 fully saturated rings. The van der Waals surface area contributed by atoms with Crippen molar-refractivity contribution >= 4 is 0 Å². The zero-order valence-corrected chi connectivity index (χ0v) is 12.1. The molecule has 1 heterocycles. The number of nitrogens with one attached hydrogen (secondary N) is 1. The molecule has 0 spiro atoms. The van der Waals surface area contributed by atoms with Crippen molar-refractivity contribution in [1.29, 1.82) is 0 Å². The quantitative estimate of drug-likeness (QED) is 0.886. The average molecular weight is 247 g/mol.